The standard InChI is InChI=1S/C6H4BClO/c8-6-3-1-5(7-9)2-4-6/h1-4H. The van der Waals surface area contributed by atoms with Crippen molar-refractivity contribution >= 4 is 24.2 Å². The molecule has 0 bridgehead atoms. The second-order valence-corrected chi connectivity index (χ2v) is 2.11. The predicted molar refractivity (Wildman–Crippen MR) is 37.5 cm³/mol. The van der Waals surface area contributed by atoms with Crippen molar-refractivity contribution < 1.29 is 4.70 Å². The minimum absolute atomic E-state index is 0.652. The number of hydrogen-bond donors (Lipinski definition) is 0. The zero-order valence-corrected chi connectivity index (χ0v) is 5.43. The molecule has 0 amide bonds. The molecule has 0 atom stereocenters. The number of benzene rings is 1. The Balaban J connectivity index is 3.01. The van der Waals surface area contributed by atoms with Gasteiger partial charge in [0.05, 0.1) is 0 Å². The second-order valence-electron chi connectivity index (χ2n) is 1.67. The van der Waals surface area contributed by atoms with E-state index in [1.54, 1.807) is 24.3 Å². The summed E-state index contributed by atoms with van der Waals surface area (Å²) in [7, 11) is 0.788. The SMILES string of the molecule is O=Bc1ccc(Cl)cc1. The molecule has 0 N–H and O–H groups in total. The Labute approximate surface area is 58.9 Å². The van der Waals surface area contributed by atoms with Gasteiger partial charge in [0, 0.05) is 0 Å². The molecule has 0 aliphatic carbocycles. The van der Waals surface area contributed by atoms with Gasteiger partial charge >= 0.3 is 58.2 Å². The quantitative estimate of drug-likeness (QED) is 0.530. The first-order valence-electron chi connectivity index (χ1n) is 2.53. The fraction of sp³-hybridized carbons (Fsp3) is 0. The Morgan fingerprint density at radius 2 is 1.78 bits per heavy atom. The van der Waals surface area contributed by atoms with Crippen LogP contribution in [0.5, 0.6) is 0 Å². The zero-order valence-electron chi connectivity index (χ0n) is 4.67. The molecular weight excluding hydrogens is 134 g/mol. The van der Waals surface area contributed by atoms with Crippen molar-refractivity contribution in [2.75, 3.05) is 0 Å². The fourth-order valence-corrected chi connectivity index (χ4v) is 0.667. The normalized spacial score (nSPS) is 8.56. The maximum atomic E-state index is 10.1. The average Bonchev–Trinajstić information content (AvgIpc) is 1.90. The van der Waals surface area contributed by atoms with E-state index in [0.29, 0.717) is 10.5 Å². The molecule has 0 aromatic heterocycles. The maximum absolute atomic E-state index is 10.1. The summed E-state index contributed by atoms with van der Waals surface area (Å²) < 4.78 is 10.1. The molecule has 0 unspecified atom stereocenters. The van der Waals surface area contributed by atoms with Crippen LogP contribution in [0.4, 0.5) is 0 Å². The van der Waals surface area contributed by atoms with Gasteiger partial charge in [-0.3, -0.25) is 0 Å². The van der Waals surface area contributed by atoms with E-state index in [1.807, 2.05) is 0 Å². The van der Waals surface area contributed by atoms with Crippen molar-refractivity contribution in [3.63, 3.8) is 0 Å². The van der Waals surface area contributed by atoms with Crippen LogP contribution < -0.4 is 5.46 Å². The number of halogens is 1. The van der Waals surface area contributed by atoms with Crippen LogP contribution in [-0.4, -0.2) is 7.15 Å². The Kier molecular flexibility index (Phi) is 2.01. The van der Waals surface area contributed by atoms with Gasteiger partial charge in [-0.2, -0.15) is 0 Å². The van der Waals surface area contributed by atoms with Gasteiger partial charge in [-0.25, -0.2) is 0 Å². The van der Waals surface area contributed by atoms with Gasteiger partial charge in [0.1, 0.15) is 0 Å². The van der Waals surface area contributed by atoms with Crippen molar-refractivity contribution in [1.29, 1.82) is 0 Å². The van der Waals surface area contributed by atoms with Gasteiger partial charge in [-0.05, 0) is 0 Å². The number of rotatable bonds is 1. The molecule has 0 saturated carbocycles. The molecule has 0 spiro atoms. The van der Waals surface area contributed by atoms with E-state index in [0.717, 1.165) is 7.15 Å². The summed E-state index contributed by atoms with van der Waals surface area (Å²) in [4.78, 5) is 0. The van der Waals surface area contributed by atoms with E-state index in [-0.39, 0.29) is 0 Å². The molecule has 0 fully saturated rings. The second kappa shape index (κ2) is 2.78. The van der Waals surface area contributed by atoms with Crippen LogP contribution in [0.25, 0.3) is 0 Å². The average molecular weight is 138 g/mol. The van der Waals surface area contributed by atoms with Crippen LogP contribution in [-0.2, 0) is 4.70 Å². The van der Waals surface area contributed by atoms with E-state index in [9.17, 15) is 4.70 Å². The van der Waals surface area contributed by atoms with E-state index in [2.05, 4.69) is 0 Å². The summed E-state index contributed by atoms with van der Waals surface area (Å²) in [5.74, 6) is 0. The van der Waals surface area contributed by atoms with Crippen LogP contribution in [0.1, 0.15) is 0 Å². The molecule has 0 heterocycles. The van der Waals surface area contributed by atoms with Crippen molar-refractivity contribution in [3.8, 4) is 0 Å². The number of hydrogen-bond acceptors (Lipinski definition) is 1. The van der Waals surface area contributed by atoms with E-state index >= 15 is 0 Å². The fourth-order valence-electron chi connectivity index (χ4n) is 0.541. The summed E-state index contributed by atoms with van der Waals surface area (Å²) in [6, 6.07) is 6.72. The molecule has 1 nitrogen and oxygen atoms in total. The van der Waals surface area contributed by atoms with Crippen LogP contribution >= 0.6 is 11.6 Å². The summed E-state index contributed by atoms with van der Waals surface area (Å²) in [6.45, 7) is 0. The van der Waals surface area contributed by atoms with Crippen molar-refractivity contribution in [3.05, 3.63) is 29.3 Å². The first-order valence-corrected chi connectivity index (χ1v) is 2.91. The zero-order chi connectivity index (χ0) is 6.69. The third kappa shape index (κ3) is 1.65. The molecule has 1 aromatic carbocycles. The molecule has 1 aromatic rings. The van der Waals surface area contributed by atoms with Gasteiger partial charge in [0.25, 0.3) is 0 Å². The van der Waals surface area contributed by atoms with Gasteiger partial charge in [-0.15, -0.1) is 0 Å². The Hall–Kier alpha value is -0.625. The molecule has 0 radical (unpaired) electrons. The van der Waals surface area contributed by atoms with Crippen LogP contribution in [0.15, 0.2) is 24.3 Å². The monoisotopic (exact) mass is 138 g/mol. The van der Waals surface area contributed by atoms with Gasteiger partial charge in [0.2, 0.25) is 0 Å². The summed E-state index contributed by atoms with van der Waals surface area (Å²) in [6.07, 6.45) is 0. The van der Waals surface area contributed by atoms with Crippen LogP contribution in [0, 0.1) is 0 Å². The Morgan fingerprint density at radius 1 is 1.22 bits per heavy atom. The minimum atomic E-state index is 0.652. The molecule has 0 aliphatic rings. The van der Waals surface area contributed by atoms with E-state index in [4.69, 9.17) is 11.6 Å². The van der Waals surface area contributed by atoms with Crippen LogP contribution in [0.3, 0.4) is 0 Å². The van der Waals surface area contributed by atoms with Crippen LogP contribution in [0.2, 0.25) is 5.02 Å². The molecule has 0 saturated heterocycles. The molecule has 0 aliphatic heterocycles. The van der Waals surface area contributed by atoms with Crippen molar-refractivity contribution in [1.82, 2.24) is 0 Å². The van der Waals surface area contributed by atoms with Gasteiger partial charge < -0.3 is 0 Å². The van der Waals surface area contributed by atoms with Gasteiger partial charge in [0.15, 0.2) is 0 Å². The van der Waals surface area contributed by atoms with Crippen molar-refractivity contribution in [2.24, 2.45) is 0 Å². The summed E-state index contributed by atoms with van der Waals surface area (Å²) in [5.41, 5.74) is 0.652. The predicted octanol–water partition coefficient (Wildman–Crippen LogP) is 1.02. The van der Waals surface area contributed by atoms with Crippen molar-refractivity contribution in [2.45, 2.75) is 0 Å². The Morgan fingerprint density at radius 3 is 2.22 bits per heavy atom. The topological polar surface area (TPSA) is 17.1 Å². The first-order chi connectivity index (χ1) is 4.33. The molecular formula is C6H4BClO. The third-order valence-corrected chi connectivity index (χ3v) is 1.26. The molecule has 9 heavy (non-hydrogen) atoms. The molecule has 1 rings (SSSR count). The van der Waals surface area contributed by atoms with E-state index < -0.39 is 0 Å². The first kappa shape index (κ1) is 6.49. The summed E-state index contributed by atoms with van der Waals surface area (Å²) >= 11 is 5.55. The third-order valence-electron chi connectivity index (χ3n) is 1.01. The van der Waals surface area contributed by atoms with Gasteiger partial charge in [-0.1, -0.05) is 0 Å². The van der Waals surface area contributed by atoms with E-state index in [1.165, 1.54) is 0 Å². The Bertz CT molecular complexity index is 207. The molecule has 44 valence electrons. The molecule has 3 heteroatoms. The summed E-state index contributed by atoms with van der Waals surface area (Å²) in [5, 5.41) is 0.653.